The third kappa shape index (κ3) is 6.45. The molecule has 6 nitrogen and oxygen atoms in total. The van der Waals surface area contributed by atoms with Gasteiger partial charge in [-0.1, -0.05) is 6.92 Å². The van der Waals surface area contributed by atoms with Gasteiger partial charge in [0.1, 0.15) is 0 Å². The van der Waals surface area contributed by atoms with E-state index in [9.17, 15) is 0 Å². The van der Waals surface area contributed by atoms with E-state index in [0.29, 0.717) is 5.96 Å². The number of morpholine rings is 1. The van der Waals surface area contributed by atoms with E-state index in [4.69, 9.17) is 10.6 Å². The van der Waals surface area contributed by atoms with Crippen LogP contribution in [0.2, 0.25) is 0 Å². The maximum atomic E-state index is 5.37. The Balaban J connectivity index is 2.05. The third-order valence-electron chi connectivity index (χ3n) is 2.68. The summed E-state index contributed by atoms with van der Waals surface area (Å²) < 4.78 is 5.30. The minimum atomic E-state index is 0.689. The minimum absolute atomic E-state index is 0.689. The highest BCUT2D eigenvalue weighted by Crippen LogP contribution is 1.97. The van der Waals surface area contributed by atoms with Crippen LogP contribution in [0.3, 0.4) is 0 Å². The number of nitrogens with one attached hydrogen (secondary N) is 2. The molecule has 1 saturated heterocycles. The highest BCUT2D eigenvalue weighted by molar-refractivity contribution is 5.79. The molecule has 0 radical (unpaired) electrons. The molecule has 0 aliphatic carbocycles. The first-order chi connectivity index (χ1) is 8.36. The molecule has 4 N–H and O–H groups in total. The molecule has 1 rings (SSSR count). The van der Waals surface area contributed by atoms with Crippen molar-refractivity contribution < 1.29 is 4.74 Å². The second-order valence-electron chi connectivity index (χ2n) is 4.11. The quantitative estimate of drug-likeness (QED) is 0.193. The van der Waals surface area contributed by atoms with E-state index in [-0.39, 0.29) is 0 Å². The topological polar surface area (TPSA) is 74.9 Å². The van der Waals surface area contributed by atoms with Crippen LogP contribution in [-0.2, 0) is 4.74 Å². The van der Waals surface area contributed by atoms with E-state index >= 15 is 0 Å². The standard InChI is InChI=1S/C11H25N5O/c1-2-4-13-11(15-12)14-5-3-6-16-7-9-17-10-8-16/h2-10,12H2,1H3,(H2,13,14,15). The molecule has 0 unspecified atom stereocenters. The Kier molecular flexibility index (Phi) is 7.70. The van der Waals surface area contributed by atoms with Gasteiger partial charge in [0, 0.05) is 26.2 Å². The predicted octanol–water partition coefficient (Wildman–Crippen LogP) is -0.472. The molecule has 1 aliphatic rings. The van der Waals surface area contributed by atoms with Crippen LogP contribution in [0.1, 0.15) is 19.8 Å². The largest absolute Gasteiger partial charge is 0.379 e. The average molecular weight is 243 g/mol. The van der Waals surface area contributed by atoms with E-state index in [1.807, 2.05) is 0 Å². The first kappa shape index (κ1) is 14.2. The summed E-state index contributed by atoms with van der Waals surface area (Å²) in [5, 5.41) is 3.20. The lowest BCUT2D eigenvalue weighted by Crippen LogP contribution is -2.43. The number of hydrogen-bond donors (Lipinski definition) is 3. The predicted molar refractivity (Wildman–Crippen MR) is 69.8 cm³/mol. The number of rotatable bonds is 6. The Hall–Kier alpha value is -0.850. The van der Waals surface area contributed by atoms with Crippen molar-refractivity contribution in [3.05, 3.63) is 0 Å². The fourth-order valence-electron chi connectivity index (χ4n) is 1.71. The summed E-state index contributed by atoms with van der Waals surface area (Å²) in [6.45, 7) is 8.71. The van der Waals surface area contributed by atoms with Crippen LogP contribution in [0.15, 0.2) is 4.99 Å². The summed E-state index contributed by atoms with van der Waals surface area (Å²) in [6, 6.07) is 0. The van der Waals surface area contributed by atoms with E-state index in [1.54, 1.807) is 0 Å². The van der Waals surface area contributed by atoms with Crippen LogP contribution in [0.5, 0.6) is 0 Å². The summed E-state index contributed by atoms with van der Waals surface area (Å²) in [7, 11) is 0. The van der Waals surface area contributed by atoms with Crippen molar-refractivity contribution in [1.82, 2.24) is 15.6 Å². The molecular formula is C11H25N5O. The molecule has 1 aliphatic heterocycles. The number of nitrogens with two attached hydrogens (primary N) is 1. The first-order valence-corrected chi connectivity index (χ1v) is 6.42. The number of hydrogen-bond acceptors (Lipinski definition) is 4. The van der Waals surface area contributed by atoms with E-state index in [0.717, 1.165) is 58.8 Å². The van der Waals surface area contributed by atoms with Gasteiger partial charge in [-0.15, -0.1) is 0 Å². The average Bonchev–Trinajstić information content (AvgIpc) is 2.39. The zero-order valence-electron chi connectivity index (χ0n) is 10.7. The highest BCUT2D eigenvalue weighted by Gasteiger charge is 2.08. The van der Waals surface area contributed by atoms with Crippen LogP contribution in [0.4, 0.5) is 0 Å². The molecule has 0 atom stereocenters. The van der Waals surface area contributed by atoms with Gasteiger partial charge in [0.05, 0.1) is 13.2 Å². The van der Waals surface area contributed by atoms with Crippen molar-refractivity contribution in [1.29, 1.82) is 0 Å². The highest BCUT2D eigenvalue weighted by atomic mass is 16.5. The van der Waals surface area contributed by atoms with E-state index in [2.05, 4.69) is 27.6 Å². The van der Waals surface area contributed by atoms with Crippen molar-refractivity contribution in [2.75, 3.05) is 45.9 Å². The van der Waals surface area contributed by atoms with Crippen molar-refractivity contribution in [3.8, 4) is 0 Å². The van der Waals surface area contributed by atoms with Gasteiger partial charge in [0.2, 0.25) is 5.96 Å². The number of aliphatic imine (C=N–C) groups is 1. The molecule has 0 amide bonds. The summed E-state index contributed by atoms with van der Waals surface area (Å²) in [5.41, 5.74) is 2.58. The van der Waals surface area contributed by atoms with E-state index < -0.39 is 0 Å². The van der Waals surface area contributed by atoms with Gasteiger partial charge >= 0.3 is 0 Å². The van der Waals surface area contributed by atoms with Crippen molar-refractivity contribution in [2.45, 2.75) is 19.8 Å². The van der Waals surface area contributed by atoms with Gasteiger partial charge in [0.15, 0.2) is 0 Å². The van der Waals surface area contributed by atoms with E-state index in [1.165, 1.54) is 0 Å². The Labute approximate surface area is 104 Å². The molecule has 0 spiro atoms. The molecule has 0 saturated carbocycles. The van der Waals surface area contributed by atoms with Crippen molar-refractivity contribution in [2.24, 2.45) is 10.8 Å². The van der Waals surface area contributed by atoms with Crippen LogP contribution < -0.4 is 16.6 Å². The summed E-state index contributed by atoms with van der Waals surface area (Å²) in [6.07, 6.45) is 2.12. The molecule has 6 heteroatoms. The second kappa shape index (κ2) is 9.21. The molecule has 1 fully saturated rings. The Morgan fingerprint density at radius 2 is 2.18 bits per heavy atom. The van der Waals surface area contributed by atoms with Crippen LogP contribution in [0, 0.1) is 0 Å². The van der Waals surface area contributed by atoms with Gasteiger partial charge in [-0.3, -0.25) is 15.3 Å². The summed E-state index contributed by atoms with van der Waals surface area (Å²) in [5.74, 6) is 6.06. The Morgan fingerprint density at radius 1 is 1.41 bits per heavy atom. The number of hydrazine groups is 1. The van der Waals surface area contributed by atoms with Gasteiger partial charge in [-0.05, 0) is 19.4 Å². The SMILES string of the molecule is CCCN=C(NN)NCCCN1CCOCC1. The molecule has 17 heavy (non-hydrogen) atoms. The lowest BCUT2D eigenvalue weighted by atomic mass is 10.3. The fourth-order valence-corrected chi connectivity index (χ4v) is 1.71. The monoisotopic (exact) mass is 243 g/mol. The molecule has 0 aromatic heterocycles. The maximum Gasteiger partial charge on any atom is 0.205 e. The van der Waals surface area contributed by atoms with Gasteiger partial charge < -0.3 is 10.1 Å². The molecule has 0 aromatic rings. The lowest BCUT2D eigenvalue weighted by Gasteiger charge is -2.26. The van der Waals surface area contributed by atoms with Crippen molar-refractivity contribution in [3.63, 3.8) is 0 Å². The lowest BCUT2D eigenvalue weighted by molar-refractivity contribution is 0.0376. The summed E-state index contributed by atoms with van der Waals surface area (Å²) >= 11 is 0. The van der Waals surface area contributed by atoms with Gasteiger partial charge in [-0.2, -0.15) is 0 Å². The minimum Gasteiger partial charge on any atom is -0.379 e. The second-order valence-corrected chi connectivity index (χ2v) is 4.11. The van der Waals surface area contributed by atoms with Crippen LogP contribution >= 0.6 is 0 Å². The molecule has 100 valence electrons. The first-order valence-electron chi connectivity index (χ1n) is 6.42. The molecule has 0 bridgehead atoms. The molecule has 0 aromatic carbocycles. The van der Waals surface area contributed by atoms with Gasteiger partial charge in [-0.25, -0.2) is 5.84 Å². The van der Waals surface area contributed by atoms with Crippen molar-refractivity contribution >= 4 is 5.96 Å². The normalized spacial score (nSPS) is 18.1. The molecule has 1 heterocycles. The fraction of sp³-hybridized carbons (Fsp3) is 0.909. The maximum absolute atomic E-state index is 5.37. The smallest absolute Gasteiger partial charge is 0.205 e. The zero-order chi connectivity index (χ0) is 12.3. The Bertz CT molecular complexity index is 216. The summed E-state index contributed by atoms with van der Waals surface area (Å²) in [4.78, 5) is 6.70. The van der Waals surface area contributed by atoms with Crippen LogP contribution in [0.25, 0.3) is 0 Å². The molecular weight excluding hydrogens is 218 g/mol. The Morgan fingerprint density at radius 3 is 2.82 bits per heavy atom. The van der Waals surface area contributed by atoms with Crippen LogP contribution in [-0.4, -0.2) is 56.8 Å². The number of ether oxygens (including phenoxy) is 1. The zero-order valence-corrected chi connectivity index (χ0v) is 10.7. The number of nitrogens with zero attached hydrogens (tertiary/aromatic N) is 2. The third-order valence-corrected chi connectivity index (χ3v) is 2.68. The number of guanidine groups is 1. The van der Waals surface area contributed by atoms with Gasteiger partial charge in [0.25, 0.3) is 0 Å².